The predicted molar refractivity (Wildman–Crippen MR) is 63.9 cm³/mol. The fraction of sp³-hybridized carbons (Fsp3) is 0.417. The lowest BCUT2D eigenvalue weighted by atomic mass is 10.1. The van der Waals surface area contributed by atoms with E-state index in [1.54, 1.807) is 33.4 Å². The van der Waals surface area contributed by atoms with Crippen LogP contribution in [0.1, 0.15) is 5.56 Å². The predicted octanol–water partition coefficient (Wildman–Crippen LogP) is 1.90. The summed E-state index contributed by atoms with van der Waals surface area (Å²) in [6.07, 6.45) is 0.319. The minimum atomic E-state index is 0.0165. The molecule has 92 valence electrons. The Morgan fingerprint density at radius 3 is 2.53 bits per heavy atom. The molecule has 0 bridgehead atoms. The third kappa shape index (κ3) is 3.86. The third-order valence-corrected chi connectivity index (χ3v) is 2.24. The molecule has 0 aliphatic heterocycles. The van der Waals surface area contributed by atoms with Crippen LogP contribution in [0.4, 0.5) is 0 Å². The lowest BCUT2D eigenvalue weighted by Gasteiger charge is -2.08. The molecule has 0 fully saturated rings. The number of Topliss-reactive ketones (excluding diaryl/α,β-unsaturated/α-hetero) is 1. The molecule has 0 aliphatic rings. The Bertz CT molecular complexity index is 416. The standard InChI is InChI=1S/C12H16N2O3/c1-13-14-8-10(15)6-9-4-5-11(16-2)12(7-9)17-3/h4-5,7H,6,8H2,1-3H3. The van der Waals surface area contributed by atoms with Crippen molar-refractivity contribution in [2.24, 2.45) is 10.2 Å². The number of benzene rings is 1. The van der Waals surface area contributed by atoms with Gasteiger partial charge in [0.2, 0.25) is 0 Å². The quantitative estimate of drug-likeness (QED) is 0.709. The number of carbonyl (C=O) groups is 1. The van der Waals surface area contributed by atoms with Gasteiger partial charge in [0, 0.05) is 13.5 Å². The van der Waals surface area contributed by atoms with Crippen LogP contribution in [0.15, 0.2) is 28.4 Å². The van der Waals surface area contributed by atoms with E-state index in [0.29, 0.717) is 17.9 Å². The Balaban J connectivity index is 2.75. The molecule has 0 saturated carbocycles. The van der Waals surface area contributed by atoms with E-state index in [4.69, 9.17) is 9.47 Å². The number of ether oxygens (including phenoxy) is 2. The number of hydrogen-bond donors (Lipinski definition) is 0. The largest absolute Gasteiger partial charge is 0.493 e. The summed E-state index contributed by atoms with van der Waals surface area (Å²) in [4.78, 5) is 11.5. The van der Waals surface area contributed by atoms with Gasteiger partial charge in [-0.05, 0) is 17.7 Å². The molecule has 5 heteroatoms. The van der Waals surface area contributed by atoms with Crippen molar-refractivity contribution in [3.63, 3.8) is 0 Å². The second kappa shape index (κ2) is 6.62. The fourth-order valence-corrected chi connectivity index (χ4v) is 1.42. The molecule has 1 rings (SSSR count). The lowest BCUT2D eigenvalue weighted by molar-refractivity contribution is -0.117. The van der Waals surface area contributed by atoms with E-state index in [1.165, 1.54) is 0 Å². The number of methoxy groups -OCH3 is 2. The molecule has 0 aliphatic carbocycles. The van der Waals surface area contributed by atoms with E-state index >= 15 is 0 Å². The molecule has 0 aromatic heterocycles. The van der Waals surface area contributed by atoms with Crippen molar-refractivity contribution in [1.29, 1.82) is 0 Å². The maximum Gasteiger partial charge on any atom is 0.161 e. The zero-order valence-electron chi connectivity index (χ0n) is 10.3. The van der Waals surface area contributed by atoms with Crippen LogP contribution in [0.5, 0.6) is 11.5 Å². The van der Waals surface area contributed by atoms with Crippen LogP contribution in [0, 0.1) is 0 Å². The van der Waals surface area contributed by atoms with Crippen LogP contribution in [-0.2, 0) is 11.2 Å². The minimum Gasteiger partial charge on any atom is -0.493 e. The topological polar surface area (TPSA) is 60.2 Å². The first-order chi connectivity index (χ1) is 8.21. The zero-order chi connectivity index (χ0) is 12.7. The van der Waals surface area contributed by atoms with Crippen molar-refractivity contribution in [2.75, 3.05) is 27.8 Å². The van der Waals surface area contributed by atoms with Crippen LogP contribution < -0.4 is 9.47 Å². The van der Waals surface area contributed by atoms with E-state index in [-0.39, 0.29) is 12.3 Å². The normalized spacial score (nSPS) is 10.5. The average molecular weight is 236 g/mol. The van der Waals surface area contributed by atoms with Gasteiger partial charge in [-0.2, -0.15) is 10.2 Å². The van der Waals surface area contributed by atoms with Crippen LogP contribution in [0.25, 0.3) is 0 Å². The number of hydrogen-bond acceptors (Lipinski definition) is 5. The molecular formula is C12H16N2O3. The summed E-state index contributed by atoms with van der Waals surface area (Å²) < 4.78 is 10.3. The van der Waals surface area contributed by atoms with Crippen LogP contribution in [-0.4, -0.2) is 33.6 Å². The van der Waals surface area contributed by atoms with Crippen LogP contribution in [0.2, 0.25) is 0 Å². The van der Waals surface area contributed by atoms with E-state index in [1.807, 2.05) is 6.07 Å². The van der Waals surface area contributed by atoms with E-state index in [9.17, 15) is 4.79 Å². The molecule has 0 atom stereocenters. The molecule has 0 heterocycles. The maximum atomic E-state index is 11.5. The van der Waals surface area contributed by atoms with Crippen molar-refractivity contribution in [3.05, 3.63) is 23.8 Å². The average Bonchev–Trinajstić information content (AvgIpc) is 2.36. The summed E-state index contributed by atoms with van der Waals surface area (Å²) in [5.74, 6) is 1.29. The molecule has 0 spiro atoms. The van der Waals surface area contributed by atoms with Crippen molar-refractivity contribution in [3.8, 4) is 11.5 Å². The molecule has 0 unspecified atom stereocenters. The summed E-state index contributed by atoms with van der Waals surface area (Å²) in [6, 6.07) is 5.41. The highest BCUT2D eigenvalue weighted by atomic mass is 16.5. The number of azo groups is 1. The summed E-state index contributed by atoms with van der Waals surface area (Å²) in [5.41, 5.74) is 0.874. The number of nitrogens with zero attached hydrogens (tertiary/aromatic N) is 2. The van der Waals surface area contributed by atoms with Gasteiger partial charge >= 0.3 is 0 Å². The second-order valence-corrected chi connectivity index (χ2v) is 3.40. The van der Waals surface area contributed by atoms with Crippen molar-refractivity contribution < 1.29 is 14.3 Å². The highest BCUT2D eigenvalue weighted by Crippen LogP contribution is 2.27. The molecule has 1 aromatic rings. The van der Waals surface area contributed by atoms with Gasteiger partial charge in [-0.25, -0.2) is 0 Å². The van der Waals surface area contributed by atoms with E-state index in [2.05, 4.69) is 10.2 Å². The number of ketones is 1. The van der Waals surface area contributed by atoms with Gasteiger partial charge in [0.1, 0.15) is 6.54 Å². The monoisotopic (exact) mass is 236 g/mol. The first-order valence-electron chi connectivity index (χ1n) is 5.19. The number of carbonyl (C=O) groups excluding carboxylic acids is 1. The van der Waals surface area contributed by atoms with Crippen LogP contribution in [0.3, 0.4) is 0 Å². The number of rotatable bonds is 6. The Morgan fingerprint density at radius 2 is 1.94 bits per heavy atom. The summed E-state index contributed by atoms with van der Waals surface area (Å²) >= 11 is 0. The van der Waals surface area contributed by atoms with Gasteiger partial charge in [0.25, 0.3) is 0 Å². The molecule has 0 N–H and O–H groups in total. The van der Waals surface area contributed by atoms with Gasteiger partial charge in [-0.1, -0.05) is 6.07 Å². The van der Waals surface area contributed by atoms with Gasteiger partial charge in [-0.15, -0.1) is 0 Å². The Hall–Kier alpha value is -1.91. The second-order valence-electron chi connectivity index (χ2n) is 3.40. The Morgan fingerprint density at radius 1 is 1.24 bits per heavy atom. The van der Waals surface area contributed by atoms with Gasteiger partial charge in [0.15, 0.2) is 17.3 Å². The Kier molecular flexibility index (Phi) is 5.13. The highest BCUT2D eigenvalue weighted by molar-refractivity contribution is 5.83. The summed E-state index contributed by atoms with van der Waals surface area (Å²) in [7, 11) is 4.68. The molecule has 17 heavy (non-hydrogen) atoms. The first-order valence-corrected chi connectivity index (χ1v) is 5.19. The molecule has 1 aromatic carbocycles. The Labute approximate surface area is 100 Å². The van der Waals surface area contributed by atoms with Crippen LogP contribution >= 0.6 is 0 Å². The molecule has 0 amide bonds. The molecular weight excluding hydrogens is 220 g/mol. The fourth-order valence-electron chi connectivity index (χ4n) is 1.42. The lowest BCUT2D eigenvalue weighted by Crippen LogP contribution is -2.06. The summed E-state index contributed by atoms with van der Waals surface area (Å²) in [6.45, 7) is 0.116. The SMILES string of the molecule is CN=NCC(=O)Cc1ccc(OC)c(OC)c1. The molecule has 5 nitrogen and oxygen atoms in total. The summed E-state index contributed by atoms with van der Waals surface area (Å²) in [5, 5.41) is 7.20. The van der Waals surface area contributed by atoms with E-state index < -0.39 is 0 Å². The smallest absolute Gasteiger partial charge is 0.161 e. The van der Waals surface area contributed by atoms with Crippen molar-refractivity contribution >= 4 is 5.78 Å². The van der Waals surface area contributed by atoms with Crippen molar-refractivity contribution in [2.45, 2.75) is 6.42 Å². The maximum absolute atomic E-state index is 11.5. The van der Waals surface area contributed by atoms with Gasteiger partial charge in [0.05, 0.1) is 14.2 Å². The highest BCUT2D eigenvalue weighted by Gasteiger charge is 2.07. The third-order valence-electron chi connectivity index (χ3n) is 2.24. The first kappa shape index (κ1) is 13.2. The molecule has 0 radical (unpaired) electrons. The van der Waals surface area contributed by atoms with Crippen molar-refractivity contribution in [1.82, 2.24) is 0 Å². The van der Waals surface area contributed by atoms with Gasteiger partial charge < -0.3 is 9.47 Å². The molecule has 0 saturated heterocycles. The van der Waals surface area contributed by atoms with Gasteiger partial charge in [-0.3, -0.25) is 4.79 Å². The zero-order valence-corrected chi connectivity index (χ0v) is 10.3. The van der Waals surface area contributed by atoms with E-state index in [0.717, 1.165) is 5.56 Å². The minimum absolute atomic E-state index is 0.0165.